The van der Waals surface area contributed by atoms with Crippen molar-refractivity contribution < 1.29 is 14.4 Å². The number of hydrogen-bond acceptors (Lipinski definition) is 3. The van der Waals surface area contributed by atoms with Crippen molar-refractivity contribution in [2.75, 3.05) is 25.0 Å². The Morgan fingerprint density at radius 1 is 1.29 bits per heavy atom. The van der Waals surface area contributed by atoms with Crippen LogP contribution in [0.2, 0.25) is 0 Å². The maximum Gasteiger partial charge on any atom is 0.254 e. The molecule has 0 unspecified atom stereocenters. The number of nitrogens with one attached hydrogen (secondary N) is 1. The van der Waals surface area contributed by atoms with E-state index < -0.39 is 5.54 Å². The largest absolute Gasteiger partial charge is 0.352 e. The Balaban J connectivity index is 1.81. The van der Waals surface area contributed by atoms with Crippen LogP contribution < -0.4 is 10.2 Å². The van der Waals surface area contributed by atoms with Crippen LogP contribution in [0.5, 0.6) is 0 Å². The molecule has 24 heavy (non-hydrogen) atoms. The van der Waals surface area contributed by atoms with E-state index in [1.807, 2.05) is 0 Å². The minimum atomic E-state index is -0.663. The lowest BCUT2D eigenvalue weighted by atomic mass is 9.73. The van der Waals surface area contributed by atoms with Crippen LogP contribution in [0.3, 0.4) is 0 Å². The van der Waals surface area contributed by atoms with E-state index in [4.69, 9.17) is 0 Å². The van der Waals surface area contributed by atoms with Crippen LogP contribution in [-0.2, 0) is 9.59 Å². The molecule has 1 aliphatic heterocycles. The normalized spacial score (nSPS) is 18.5. The summed E-state index contributed by atoms with van der Waals surface area (Å²) < 4.78 is 0. The van der Waals surface area contributed by atoms with E-state index in [0.29, 0.717) is 24.3 Å². The molecule has 1 saturated carbocycles. The zero-order chi connectivity index (χ0) is 17.3. The minimum Gasteiger partial charge on any atom is -0.352 e. The summed E-state index contributed by atoms with van der Waals surface area (Å²) >= 11 is 0. The molecule has 3 rings (SSSR count). The van der Waals surface area contributed by atoms with E-state index in [0.717, 1.165) is 19.3 Å². The number of benzene rings is 1. The fourth-order valence-electron chi connectivity index (χ4n) is 3.33. The number of carbonyl (C=O) groups excluding carboxylic acids is 3. The number of rotatable bonds is 3. The Morgan fingerprint density at radius 3 is 2.50 bits per heavy atom. The first-order chi connectivity index (χ1) is 11.5. The highest BCUT2D eigenvalue weighted by molar-refractivity contribution is 6.02. The molecule has 1 aromatic rings. The summed E-state index contributed by atoms with van der Waals surface area (Å²) in [6.07, 6.45) is 3.65. The van der Waals surface area contributed by atoms with Crippen LogP contribution in [-0.4, -0.2) is 48.3 Å². The van der Waals surface area contributed by atoms with Gasteiger partial charge < -0.3 is 15.1 Å². The number of nitrogens with zero attached hydrogens (tertiary/aromatic N) is 2. The summed E-state index contributed by atoms with van der Waals surface area (Å²) in [5, 5.41) is 2.87. The highest BCUT2D eigenvalue weighted by Gasteiger charge is 2.52. The van der Waals surface area contributed by atoms with Crippen LogP contribution in [0.15, 0.2) is 36.9 Å². The average molecular weight is 327 g/mol. The molecule has 126 valence electrons. The van der Waals surface area contributed by atoms with Gasteiger partial charge in [-0.3, -0.25) is 14.4 Å². The predicted octanol–water partition coefficient (Wildman–Crippen LogP) is 1.33. The van der Waals surface area contributed by atoms with Crippen molar-refractivity contribution in [3.63, 3.8) is 0 Å². The molecule has 1 spiro atoms. The summed E-state index contributed by atoms with van der Waals surface area (Å²) in [5.41, 5.74) is 0.550. The highest BCUT2D eigenvalue weighted by Crippen LogP contribution is 2.40. The molecule has 6 nitrogen and oxygen atoms in total. The molecule has 1 N–H and O–H groups in total. The number of amides is 3. The van der Waals surface area contributed by atoms with Gasteiger partial charge in [0.15, 0.2) is 0 Å². The standard InChI is InChI=1S/C18H21N3O3/c1-3-15(22)20(2)14-7-5-13(6-8-14)16(23)21-12-11-19-17(24)18(21)9-4-10-18/h3,5-8H,1,4,9-12H2,2H3,(H,19,24). The van der Waals surface area contributed by atoms with Crippen LogP contribution in [0.25, 0.3) is 0 Å². The van der Waals surface area contributed by atoms with E-state index in [2.05, 4.69) is 11.9 Å². The van der Waals surface area contributed by atoms with E-state index in [1.165, 1.54) is 11.0 Å². The lowest BCUT2D eigenvalue weighted by Crippen LogP contribution is -2.69. The summed E-state index contributed by atoms with van der Waals surface area (Å²) in [4.78, 5) is 39.9. The van der Waals surface area contributed by atoms with E-state index in [-0.39, 0.29) is 17.7 Å². The van der Waals surface area contributed by atoms with Gasteiger partial charge in [-0.2, -0.15) is 0 Å². The quantitative estimate of drug-likeness (QED) is 0.852. The van der Waals surface area contributed by atoms with Crippen molar-refractivity contribution in [1.29, 1.82) is 0 Å². The van der Waals surface area contributed by atoms with E-state index in [9.17, 15) is 14.4 Å². The van der Waals surface area contributed by atoms with Crippen molar-refractivity contribution in [3.8, 4) is 0 Å². The summed E-state index contributed by atoms with van der Waals surface area (Å²) in [6, 6.07) is 6.85. The van der Waals surface area contributed by atoms with Gasteiger partial charge in [0.1, 0.15) is 5.54 Å². The van der Waals surface area contributed by atoms with Crippen molar-refractivity contribution in [1.82, 2.24) is 10.2 Å². The molecule has 0 aromatic heterocycles. The molecular formula is C18H21N3O3. The third-order valence-corrected chi connectivity index (χ3v) is 4.99. The Bertz CT molecular complexity index is 692. The van der Waals surface area contributed by atoms with Crippen LogP contribution in [0.4, 0.5) is 5.69 Å². The summed E-state index contributed by atoms with van der Waals surface area (Å²) in [6.45, 7) is 4.48. The molecule has 0 bridgehead atoms. The number of piperazine rings is 1. The third kappa shape index (κ3) is 2.48. The maximum absolute atomic E-state index is 12.9. The SMILES string of the molecule is C=CC(=O)N(C)c1ccc(C(=O)N2CCNC(=O)C23CCC3)cc1. The van der Waals surface area contributed by atoms with Crippen molar-refractivity contribution in [2.45, 2.75) is 24.8 Å². The number of carbonyl (C=O) groups is 3. The van der Waals surface area contributed by atoms with Gasteiger partial charge in [-0.25, -0.2) is 0 Å². The van der Waals surface area contributed by atoms with Crippen LogP contribution in [0.1, 0.15) is 29.6 Å². The molecule has 1 saturated heterocycles. The molecule has 3 amide bonds. The molecular weight excluding hydrogens is 306 g/mol. The summed E-state index contributed by atoms with van der Waals surface area (Å²) in [7, 11) is 1.65. The average Bonchev–Trinajstić information content (AvgIpc) is 2.58. The Hall–Kier alpha value is -2.63. The Labute approximate surface area is 141 Å². The van der Waals surface area contributed by atoms with Gasteiger partial charge in [-0.05, 0) is 49.6 Å². The lowest BCUT2D eigenvalue weighted by molar-refractivity contribution is -0.141. The van der Waals surface area contributed by atoms with Crippen molar-refractivity contribution in [2.24, 2.45) is 0 Å². The summed E-state index contributed by atoms with van der Waals surface area (Å²) in [5.74, 6) is -0.384. The monoisotopic (exact) mass is 327 g/mol. The molecule has 1 heterocycles. The maximum atomic E-state index is 12.9. The molecule has 1 aromatic carbocycles. The third-order valence-electron chi connectivity index (χ3n) is 4.99. The number of anilines is 1. The predicted molar refractivity (Wildman–Crippen MR) is 90.7 cm³/mol. The molecule has 0 atom stereocenters. The van der Waals surface area contributed by atoms with Crippen molar-refractivity contribution in [3.05, 3.63) is 42.5 Å². The lowest BCUT2D eigenvalue weighted by Gasteiger charge is -2.51. The van der Waals surface area contributed by atoms with Gasteiger partial charge in [0.25, 0.3) is 5.91 Å². The topological polar surface area (TPSA) is 69.7 Å². The first-order valence-electron chi connectivity index (χ1n) is 8.10. The number of likely N-dealkylation sites (N-methyl/N-ethyl adjacent to an activating group) is 1. The Morgan fingerprint density at radius 2 is 1.96 bits per heavy atom. The first-order valence-corrected chi connectivity index (χ1v) is 8.10. The van der Waals surface area contributed by atoms with Gasteiger partial charge in [-0.15, -0.1) is 0 Å². The fraction of sp³-hybridized carbons (Fsp3) is 0.389. The zero-order valence-electron chi connectivity index (χ0n) is 13.7. The Kier molecular flexibility index (Phi) is 4.13. The van der Waals surface area contributed by atoms with Gasteiger partial charge >= 0.3 is 0 Å². The fourth-order valence-corrected chi connectivity index (χ4v) is 3.33. The van der Waals surface area contributed by atoms with Gasteiger partial charge in [-0.1, -0.05) is 6.58 Å². The smallest absolute Gasteiger partial charge is 0.254 e. The van der Waals surface area contributed by atoms with Gasteiger partial charge in [0, 0.05) is 31.4 Å². The second-order valence-corrected chi connectivity index (χ2v) is 6.25. The van der Waals surface area contributed by atoms with Gasteiger partial charge in [0.2, 0.25) is 11.8 Å². The molecule has 0 radical (unpaired) electrons. The molecule has 2 aliphatic rings. The second kappa shape index (κ2) is 6.11. The minimum absolute atomic E-state index is 0.0405. The van der Waals surface area contributed by atoms with Crippen LogP contribution in [0, 0.1) is 0 Å². The first kappa shape index (κ1) is 16.2. The van der Waals surface area contributed by atoms with E-state index >= 15 is 0 Å². The van der Waals surface area contributed by atoms with Gasteiger partial charge in [0.05, 0.1) is 0 Å². The molecule has 1 aliphatic carbocycles. The van der Waals surface area contributed by atoms with Crippen molar-refractivity contribution >= 4 is 23.4 Å². The highest BCUT2D eigenvalue weighted by atomic mass is 16.2. The number of hydrogen-bond donors (Lipinski definition) is 1. The zero-order valence-corrected chi connectivity index (χ0v) is 13.7. The van der Waals surface area contributed by atoms with Crippen LogP contribution >= 0.6 is 0 Å². The molecule has 6 heteroatoms. The molecule has 2 fully saturated rings. The second-order valence-electron chi connectivity index (χ2n) is 6.25. The van der Waals surface area contributed by atoms with E-state index in [1.54, 1.807) is 36.2 Å².